The molecular formula is C12H13Br2F2NO. The van der Waals surface area contributed by atoms with Crippen LogP contribution in [-0.2, 0) is 11.2 Å². The molecule has 0 aliphatic carbocycles. The topological polar surface area (TPSA) is 29.1 Å². The monoisotopic (exact) mass is 383 g/mol. The van der Waals surface area contributed by atoms with Gasteiger partial charge in [0.2, 0.25) is 5.91 Å². The van der Waals surface area contributed by atoms with Crippen LogP contribution in [-0.4, -0.2) is 22.1 Å². The van der Waals surface area contributed by atoms with Gasteiger partial charge in [0.25, 0.3) is 0 Å². The Bertz CT molecular complexity index is 436. The summed E-state index contributed by atoms with van der Waals surface area (Å²) in [7, 11) is 0. The average molecular weight is 385 g/mol. The lowest BCUT2D eigenvalue weighted by Gasteiger charge is -2.26. The molecule has 18 heavy (non-hydrogen) atoms. The Morgan fingerprint density at radius 2 is 1.94 bits per heavy atom. The number of hydrogen-bond acceptors (Lipinski definition) is 1. The van der Waals surface area contributed by atoms with Crippen molar-refractivity contribution in [1.82, 2.24) is 5.32 Å². The third-order valence-electron chi connectivity index (χ3n) is 2.41. The van der Waals surface area contributed by atoms with E-state index in [0.717, 1.165) is 6.07 Å². The van der Waals surface area contributed by atoms with Crippen LogP contribution in [0.3, 0.4) is 0 Å². The van der Waals surface area contributed by atoms with Crippen LogP contribution in [0.2, 0.25) is 0 Å². The summed E-state index contributed by atoms with van der Waals surface area (Å²) >= 11 is 6.59. The van der Waals surface area contributed by atoms with Gasteiger partial charge in [0.1, 0.15) is 0 Å². The number of amides is 1. The molecule has 0 spiro atoms. The van der Waals surface area contributed by atoms with Crippen molar-refractivity contribution >= 4 is 37.8 Å². The number of carbonyl (C=O) groups excluding carboxylic acids is 1. The zero-order valence-corrected chi connectivity index (χ0v) is 12.9. The molecular weight excluding hydrogens is 372 g/mol. The van der Waals surface area contributed by atoms with E-state index >= 15 is 0 Å². The molecule has 0 aliphatic rings. The Kier molecular flexibility index (Phi) is 5.72. The highest BCUT2D eigenvalue weighted by Crippen LogP contribution is 2.14. The Morgan fingerprint density at radius 1 is 1.33 bits per heavy atom. The molecule has 0 saturated heterocycles. The smallest absolute Gasteiger partial charge is 0.225 e. The standard InChI is InChI=1S/C12H13Br2F2NO/c1-12(6-13,7-14)17-10(18)5-8-3-2-4-9(15)11(8)16/h2-4H,5-7H2,1H3,(H,17,18). The molecule has 0 aliphatic heterocycles. The van der Waals surface area contributed by atoms with Gasteiger partial charge in [-0.15, -0.1) is 0 Å². The molecule has 2 nitrogen and oxygen atoms in total. The maximum absolute atomic E-state index is 13.4. The minimum atomic E-state index is -0.966. The summed E-state index contributed by atoms with van der Waals surface area (Å²) in [5, 5.41) is 3.88. The molecule has 0 fully saturated rings. The van der Waals surface area contributed by atoms with Crippen molar-refractivity contribution in [1.29, 1.82) is 0 Å². The summed E-state index contributed by atoms with van der Waals surface area (Å²) in [5.41, 5.74) is -0.403. The Hall–Kier alpha value is -0.490. The van der Waals surface area contributed by atoms with Gasteiger partial charge in [-0.25, -0.2) is 8.78 Å². The van der Waals surface area contributed by atoms with Crippen molar-refractivity contribution in [3.05, 3.63) is 35.4 Å². The molecule has 1 rings (SSSR count). The van der Waals surface area contributed by atoms with Crippen LogP contribution in [0.1, 0.15) is 12.5 Å². The molecule has 1 amide bonds. The second-order valence-electron chi connectivity index (χ2n) is 4.27. The Balaban J connectivity index is 2.74. The molecule has 0 heterocycles. The number of carbonyl (C=O) groups is 1. The fraction of sp³-hybridized carbons (Fsp3) is 0.417. The van der Waals surface area contributed by atoms with Crippen LogP contribution in [0.4, 0.5) is 8.78 Å². The van der Waals surface area contributed by atoms with E-state index in [2.05, 4.69) is 37.2 Å². The second kappa shape index (κ2) is 6.61. The van der Waals surface area contributed by atoms with Crippen LogP contribution < -0.4 is 5.32 Å². The normalized spacial score (nSPS) is 11.4. The fourth-order valence-electron chi connectivity index (χ4n) is 1.34. The maximum atomic E-state index is 13.4. The minimum Gasteiger partial charge on any atom is -0.349 e. The molecule has 0 atom stereocenters. The van der Waals surface area contributed by atoms with Gasteiger partial charge in [-0.2, -0.15) is 0 Å². The van der Waals surface area contributed by atoms with Crippen molar-refractivity contribution < 1.29 is 13.6 Å². The first-order valence-electron chi connectivity index (χ1n) is 5.27. The quantitative estimate of drug-likeness (QED) is 0.776. The fourth-order valence-corrected chi connectivity index (χ4v) is 2.55. The molecule has 0 unspecified atom stereocenters. The molecule has 0 bridgehead atoms. The maximum Gasteiger partial charge on any atom is 0.225 e. The van der Waals surface area contributed by atoms with E-state index < -0.39 is 17.2 Å². The summed E-state index contributed by atoms with van der Waals surface area (Å²) in [4.78, 5) is 11.8. The minimum absolute atomic E-state index is 0.0546. The van der Waals surface area contributed by atoms with E-state index in [1.807, 2.05) is 6.92 Å². The summed E-state index contributed by atoms with van der Waals surface area (Å²) in [6.07, 6.45) is -0.181. The van der Waals surface area contributed by atoms with Gasteiger partial charge in [0.05, 0.1) is 12.0 Å². The summed E-state index contributed by atoms with van der Waals surface area (Å²) in [5.74, 6) is -2.25. The SMILES string of the molecule is CC(CBr)(CBr)NC(=O)Cc1cccc(F)c1F. The highest BCUT2D eigenvalue weighted by Gasteiger charge is 2.24. The molecule has 0 saturated carbocycles. The van der Waals surface area contributed by atoms with E-state index in [-0.39, 0.29) is 17.9 Å². The highest BCUT2D eigenvalue weighted by molar-refractivity contribution is 9.09. The van der Waals surface area contributed by atoms with Gasteiger partial charge in [-0.1, -0.05) is 44.0 Å². The number of nitrogens with one attached hydrogen (secondary N) is 1. The molecule has 100 valence electrons. The third kappa shape index (κ3) is 4.02. The van der Waals surface area contributed by atoms with E-state index in [1.165, 1.54) is 12.1 Å². The van der Waals surface area contributed by atoms with Crippen LogP contribution >= 0.6 is 31.9 Å². The largest absolute Gasteiger partial charge is 0.349 e. The van der Waals surface area contributed by atoms with Gasteiger partial charge in [0.15, 0.2) is 11.6 Å². The zero-order chi connectivity index (χ0) is 13.8. The van der Waals surface area contributed by atoms with Gasteiger partial charge in [-0.05, 0) is 13.0 Å². The number of rotatable bonds is 5. The third-order valence-corrected chi connectivity index (χ3v) is 4.89. The summed E-state index contributed by atoms with van der Waals surface area (Å²) < 4.78 is 26.4. The van der Waals surface area contributed by atoms with E-state index in [9.17, 15) is 13.6 Å². The molecule has 0 aromatic heterocycles. The molecule has 6 heteroatoms. The first-order chi connectivity index (χ1) is 8.41. The van der Waals surface area contributed by atoms with Crippen LogP contribution in [0.5, 0.6) is 0 Å². The summed E-state index contributed by atoms with van der Waals surface area (Å²) in [6, 6.07) is 3.81. The van der Waals surface area contributed by atoms with E-state index in [1.54, 1.807) is 0 Å². The van der Waals surface area contributed by atoms with Crippen molar-refractivity contribution in [3.63, 3.8) is 0 Å². The molecule has 1 aromatic carbocycles. The number of benzene rings is 1. The van der Waals surface area contributed by atoms with Crippen LogP contribution in [0.25, 0.3) is 0 Å². The predicted molar refractivity (Wildman–Crippen MR) is 74.2 cm³/mol. The van der Waals surface area contributed by atoms with E-state index in [4.69, 9.17) is 0 Å². The number of halogens is 4. The Morgan fingerprint density at radius 3 is 2.50 bits per heavy atom. The van der Waals surface area contributed by atoms with Crippen molar-refractivity contribution in [2.24, 2.45) is 0 Å². The zero-order valence-electron chi connectivity index (χ0n) is 9.77. The molecule has 1 N–H and O–H groups in total. The Labute approximate surface area is 121 Å². The highest BCUT2D eigenvalue weighted by atomic mass is 79.9. The van der Waals surface area contributed by atoms with Crippen molar-refractivity contribution in [2.45, 2.75) is 18.9 Å². The first kappa shape index (κ1) is 15.6. The molecule has 0 radical (unpaired) electrons. The summed E-state index contributed by atoms with van der Waals surface area (Å²) in [6.45, 7) is 1.84. The van der Waals surface area contributed by atoms with Gasteiger partial charge >= 0.3 is 0 Å². The first-order valence-corrected chi connectivity index (χ1v) is 7.52. The van der Waals surface area contributed by atoms with Crippen LogP contribution in [0.15, 0.2) is 18.2 Å². The van der Waals surface area contributed by atoms with Gasteiger partial charge in [-0.3, -0.25) is 4.79 Å². The number of hydrogen-bond donors (Lipinski definition) is 1. The van der Waals surface area contributed by atoms with Crippen molar-refractivity contribution in [2.75, 3.05) is 10.7 Å². The van der Waals surface area contributed by atoms with Gasteiger partial charge in [0, 0.05) is 16.2 Å². The second-order valence-corrected chi connectivity index (χ2v) is 5.39. The number of alkyl halides is 2. The van der Waals surface area contributed by atoms with Crippen LogP contribution in [0, 0.1) is 11.6 Å². The lowest BCUT2D eigenvalue weighted by molar-refractivity contribution is -0.121. The van der Waals surface area contributed by atoms with Gasteiger partial charge < -0.3 is 5.32 Å². The van der Waals surface area contributed by atoms with E-state index in [0.29, 0.717) is 10.7 Å². The average Bonchev–Trinajstić information content (AvgIpc) is 2.34. The lowest BCUT2D eigenvalue weighted by Crippen LogP contribution is -2.49. The predicted octanol–water partition coefficient (Wildman–Crippen LogP) is 3.17. The molecule has 1 aromatic rings. The van der Waals surface area contributed by atoms with Crippen molar-refractivity contribution in [3.8, 4) is 0 Å². The lowest BCUT2D eigenvalue weighted by atomic mass is 10.1.